The molecule has 0 aromatic heterocycles. The summed E-state index contributed by atoms with van der Waals surface area (Å²) in [6.07, 6.45) is 0. The van der Waals surface area contributed by atoms with Crippen LogP contribution >= 0.6 is 0 Å². The molecule has 0 saturated carbocycles. The molecule has 102 valence electrons. The van der Waals surface area contributed by atoms with Crippen LogP contribution in [-0.2, 0) is 0 Å². The average Bonchev–Trinajstić information content (AvgIpc) is 2.48. The van der Waals surface area contributed by atoms with Crippen molar-refractivity contribution in [2.45, 2.75) is 0 Å². The van der Waals surface area contributed by atoms with Crippen molar-refractivity contribution in [1.82, 2.24) is 0 Å². The van der Waals surface area contributed by atoms with Gasteiger partial charge in [0.2, 0.25) is 0 Å². The van der Waals surface area contributed by atoms with Gasteiger partial charge in [-0.25, -0.2) is 0 Å². The highest BCUT2D eigenvalue weighted by molar-refractivity contribution is 5.72. The van der Waals surface area contributed by atoms with Crippen molar-refractivity contribution >= 4 is 28.7 Å². The lowest BCUT2D eigenvalue weighted by molar-refractivity contribution is -0.422. The third-order valence-electron chi connectivity index (χ3n) is 2.60. The zero-order chi connectivity index (χ0) is 14.4. The van der Waals surface area contributed by atoms with Crippen molar-refractivity contribution in [1.29, 1.82) is 0 Å². The number of nitrogens with one attached hydrogen (secondary N) is 2. The maximum atomic E-state index is 5.64. The largest absolute Gasteiger partial charge is 0.405 e. The fourth-order valence-electron chi connectivity index (χ4n) is 1.51. The van der Waals surface area contributed by atoms with E-state index >= 15 is 0 Å². The van der Waals surface area contributed by atoms with Gasteiger partial charge in [0.1, 0.15) is 5.69 Å². The van der Waals surface area contributed by atoms with Gasteiger partial charge in [0.25, 0.3) is 0 Å². The van der Waals surface area contributed by atoms with Crippen molar-refractivity contribution in [2.75, 3.05) is 18.1 Å². The normalized spacial score (nSPS) is 11.8. The summed E-state index contributed by atoms with van der Waals surface area (Å²) in [7, 11) is 1.69. The van der Waals surface area contributed by atoms with Gasteiger partial charge in [-0.1, -0.05) is 5.11 Å². The number of rotatable bonds is 3. The van der Waals surface area contributed by atoms with E-state index in [1.807, 2.05) is 48.5 Å². The van der Waals surface area contributed by atoms with E-state index in [9.17, 15) is 0 Å². The van der Waals surface area contributed by atoms with Crippen LogP contribution in [0, 0.1) is 0 Å². The van der Waals surface area contributed by atoms with Crippen LogP contribution in [-0.4, -0.2) is 13.0 Å². The summed E-state index contributed by atoms with van der Waals surface area (Å²) in [5.74, 6) is 0.272. The Bertz CT molecular complexity index is 613. The second kappa shape index (κ2) is 6.33. The van der Waals surface area contributed by atoms with Crippen LogP contribution in [0.1, 0.15) is 0 Å². The lowest BCUT2D eigenvalue weighted by Crippen LogP contribution is -2.70. The molecule has 0 fully saturated rings. The zero-order valence-corrected chi connectivity index (χ0v) is 11.2. The van der Waals surface area contributed by atoms with Crippen molar-refractivity contribution < 1.29 is 4.99 Å². The highest BCUT2D eigenvalue weighted by Gasteiger charge is 1.98. The zero-order valence-electron chi connectivity index (χ0n) is 11.2. The minimum Gasteiger partial charge on any atom is -0.399 e. The Kier molecular flexibility index (Phi) is 4.28. The van der Waals surface area contributed by atoms with E-state index in [1.54, 1.807) is 7.05 Å². The van der Waals surface area contributed by atoms with E-state index in [1.165, 1.54) is 0 Å². The number of guanidine groups is 1. The van der Waals surface area contributed by atoms with Crippen molar-refractivity contribution in [2.24, 2.45) is 16.0 Å². The maximum Gasteiger partial charge on any atom is 0.405 e. The highest BCUT2D eigenvalue weighted by atomic mass is 15.2. The monoisotopic (exact) mass is 269 g/mol. The fraction of sp³-hybridized carbons (Fsp3) is 0.0714. The van der Waals surface area contributed by atoms with E-state index < -0.39 is 0 Å². The van der Waals surface area contributed by atoms with Crippen LogP contribution in [0.3, 0.4) is 0 Å². The maximum absolute atomic E-state index is 5.64. The lowest BCUT2D eigenvalue weighted by Gasteiger charge is -2.06. The molecule has 0 unspecified atom stereocenters. The number of azo groups is 1. The number of hydrogen-bond donors (Lipinski definition) is 4. The standard InChI is InChI=1S/C14H16N6/c1-17-14(16)20-19-13-8-6-12(7-9-13)18-11-4-2-10(15)3-5-11/h2-9,18H,15H2,1H3,(H2,16,17)/p+1. The average molecular weight is 269 g/mol. The first-order valence-corrected chi connectivity index (χ1v) is 6.12. The molecule has 0 radical (unpaired) electrons. The number of nitrogen functional groups attached to an aromatic ring is 1. The Morgan fingerprint density at radius 1 is 1.00 bits per heavy atom. The molecule has 6 N–H and O–H groups in total. The van der Waals surface area contributed by atoms with Crippen LogP contribution in [0.15, 0.2) is 58.8 Å². The number of benzene rings is 2. The third kappa shape index (κ3) is 3.81. The van der Waals surface area contributed by atoms with Gasteiger partial charge in [-0.05, 0) is 48.5 Å². The third-order valence-corrected chi connectivity index (χ3v) is 2.60. The first-order chi connectivity index (χ1) is 9.67. The SMILES string of the molecule is C[NH+]=C(N)N=Nc1ccc(Nc2ccc(N)cc2)cc1. The molecule has 0 atom stereocenters. The predicted molar refractivity (Wildman–Crippen MR) is 81.2 cm³/mol. The molecule has 0 spiro atoms. The topological polar surface area (TPSA) is 103 Å². The van der Waals surface area contributed by atoms with Crippen molar-refractivity contribution in [3.8, 4) is 0 Å². The molecular formula is C14H17N6+. The fourth-order valence-corrected chi connectivity index (χ4v) is 1.51. The van der Waals surface area contributed by atoms with E-state index in [2.05, 4.69) is 20.5 Å². The lowest BCUT2D eigenvalue weighted by atomic mass is 10.2. The number of anilines is 3. The van der Waals surface area contributed by atoms with E-state index in [-0.39, 0.29) is 5.96 Å². The minimum absolute atomic E-state index is 0.272. The minimum atomic E-state index is 0.272. The van der Waals surface area contributed by atoms with E-state index in [0.29, 0.717) is 0 Å². The summed E-state index contributed by atoms with van der Waals surface area (Å²) in [6.45, 7) is 0. The number of nitrogens with two attached hydrogens (primary N) is 2. The van der Waals surface area contributed by atoms with Crippen LogP contribution in [0.25, 0.3) is 0 Å². The van der Waals surface area contributed by atoms with Gasteiger partial charge in [0.15, 0.2) is 0 Å². The van der Waals surface area contributed by atoms with Crippen LogP contribution in [0.4, 0.5) is 22.7 Å². The summed E-state index contributed by atoms with van der Waals surface area (Å²) in [5.41, 5.74) is 14.5. The molecule has 0 aliphatic carbocycles. The Morgan fingerprint density at radius 3 is 2.10 bits per heavy atom. The van der Waals surface area contributed by atoms with Crippen molar-refractivity contribution in [3.05, 3.63) is 48.5 Å². The molecule has 0 saturated heterocycles. The summed E-state index contributed by atoms with van der Waals surface area (Å²) >= 11 is 0. The smallest absolute Gasteiger partial charge is 0.399 e. The van der Waals surface area contributed by atoms with Gasteiger partial charge in [-0.2, -0.15) is 0 Å². The molecule has 0 heterocycles. The molecular weight excluding hydrogens is 252 g/mol. The van der Waals surface area contributed by atoms with Gasteiger partial charge >= 0.3 is 5.96 Å². The van der Waals surface area contributed by atoms with Gasteiger partial charge < -0.3 is 11.1 Å². The Morgan fingerprint density at radius 2 is 1.55 bits per heavy atom. The molecule has 0 aliphatic heterocycles. The molecule has 2 rings (SSSR count). The number of hydrogen-bond acceptors (Lipinski definition) is 3. The Labute approximate surface area is 117 Å². The van der Waals surface area contributed by atoms with Crippen LogP contribution in [0.5, 0.6) is 0 Å². The molecule has 0 aliphatic rings. The summed E-state index contributed by atoms with van der Waals surface area (Å²) in [5, 5.41) is 11.1. The highest BCUT2D eigenvalue weighted by Crippen LogP contribution is 2.21. The molecule has 2 aromatic rings. The quantitative estimate of drug-likeness (QED) is 0.290. The van der Waals surface area contributed by atoms with Gasteiger partial charge in [0, 0.05) is 22.2 Å². The van der Waals surface area contributed by atoms with E-state index in [0.717, 1.165) is 22.7 Å². The first-order valence-electron chi connectivity index (χ1n) is 6.12. The van der Waals surface area contributed by atoms with E-state index in [4.69, 9.17) is 11.5 Å². The van der Waals surface area contributed by atoms with Gasteiger partial charge in [-0.15, -0.1) is 0 Å². The summed E-state index contributed by atoms with van der Waals surface area (Å²) < 4.78 is 0. The second-order valence-electron chi connectivity index (χ2n) is 4.13. The van der Waals surface area contributed by atoms with Gasteiger partial charge in [-0.3, -0.25) is 10.7 Å². The molecule has 6 heteroatoms. The predicted octanol–water partition coefficient (Wildman–Crippen LogP) is 1.12. The first kappa shape index (κ1) is 13.5. The van der Waals surface area contributed by atoms with Crippen LogP contribution in [0.2, 0.25) is 0 Å². The van der Waals surface area contributed by atoms with Crippen molar-refractivity contribution in [3.63, 3.8) is 0 Å². The molecule has 20 heavy (non-hydrogen) atoms. The Balaban J connectivity index is 2.05. The second-order valence-corrected chi connectivity index (χ2v) is 4.13. The number of nitrogens with zero attached hydrogens (tertiary/aromatic N) is 2. The van der Waals surface area contributed by atoms with Crippen LogP contribution < -0.4 is 21.8 Å². The Hall–Kier alpha value is -2.89. The van der Waals surface area contributed by atoms with Gasteiger partial charge in [0.05, 0.1) is 7.05 Å². The summed E-state index contributed by atoms with van der Waals surface area (Å²) in [6, 6.07) is 15.1. The molecule has 0 amide bonds. The molecule has 0 bridgehead atoms. The summed E-state index contributed by atoms with van der Waals surface area (Å²) in [4.78, 5) is 2.70. The molecule has 6 nitrogen and oxygen atoms in total. The molecule has 2 aromatic carbocycles.